The average molecular weight is 537 g/mol. The summed E-state index contributed by atoms with van der Waals surface area (Å²) in [6.07, 6.45) is 12.9. The summed E-state index contributed by atoms with van der Waals surface area (Å²) in [5.74, 6) is -0.228. The summed E-state index contributed by atoms with van der Waals surface area (Å²) in [6.45, 7) is 7.68. The minimum Gasteiger partial charge on any atom is -0.469 e. The molecule has 1 heterocycles. The highest BCUT2D eigenvalue weighted by molar-refractivity contribution is 9.10. The molecule has 0 radical (unpaired) electrons. The Balaban J connectivity index is 1.65. The van der Waals surface area contributed by atoms with E-state index in [-0.39, 0.29) is 23.6 Å². The lowest BCUT2D eigenvalue weighted by Crippen LogP contribution is -2.54. The van der Waals surface area contributed by atoms with Gasteiger partial charge < -0.3 is 14.2 Å². The van der Waals surface area contributed by atoms with Crippen LogP contribution in [0.25, 0.3) is 0 Å². The Morgan fingerprint density at radius 3 is 2.50 bits per heavy atom. The molecule has 0 N–H and O–H groups in total. The molecule has 5 nitrogen and oxygen atoms in total. The van der Waals surface area contributed by atoms with Gasteiger partial charge in [0, 0.05) is 10.5 Å². The molecule has 1 unspecified atom stereocenters. The number of carbonyl (C=O) groups is 1. The summed E-state index contributed by atoms with van der Waals surface area (Å²) in [5, 5.41) is 0. The maximum atomic E-state index is 11.9. The van der Waals surface area contributed by atoms with E-state index in [4.69, 9.17) is 14.2 Å². The summed E-state index contributed by atoms with van der Waals surface area (Å²) < 4.78 is 19.1. The van der Waals surface area contributed by atoms with E-state index in [2.05, 4.69) is 64.2 Å². The lowest BCUT2D eigenvalue weighted by Gasteiger charge is -2.41. The van der Waals surface area contributed by atoms with Gasteiger partial charge in [-0.3, -0.25) is 9.69 Å². The highest BCUT2D eigenvalue weighted by Crippen LogP contribution is 2.40. The molecule has 34 heavy (non-hydrogen) atoms. The predicted octanol–water partition coefficient (Wildman–Crippen LogP) is 6.29. The fraction of sp³-hybridized carbons (Fsp3) is 0.679. The monoisotopic (exact) mass is 535 g/mol. The second kappa shape index (κ2) is 13.8. The van der Waals surface area contributed by atoms with Crippen LogP contribution in [0.3, 0.4) is 0 Å². The van der Waals surface area contributed by atoms with Gasteiger partial charge in [-0.1, -0.05) is 60.0 Å². The van der Waals surface area contributed by atoms with E-state index >= 15 is 0 Å². The Kier molecular flexibility index (Phi) is 11.1. The molecular formula is C28H42BrNO4. The van der Waals surface area contributed by atoms with Crippen LogP contribution < -0.4 is 0 Å². The molecule has 3 rings (SSSR count). The van der Waals surface area contributed by atoms with E-state index in [1.165, 1.54) is 38.4 Å². The molecule has 1 saturated carbocycles. The van der Waals surface area contributed by atoms with E-state index in [1.54, 1.807) is 0 Å². The van der Waals surface area contributed by atoms with Crippen molar-refractivity contribution < 1.29 is 19.0 Å². The van der Waals surface area contributed by atoms with E-state index in [1.807, 2.05) is 6.92 Å². The second-order valence-electron chi connectivity index (χ2n) is 9.80. The van der Waals surface area contributed by atoms with Crippen molar-refractivity contribution in [2.24, 2.45) is 5.92 Å². The summed E-state index contributed by atoms with van der Waals surface area (Å²) in [6, 6.07) is 8.71. The van der Waals surface area contributed by atoms with Crippen molar-refractivity contribution in [1.82, 2.24) is 4.90 Å². The van der Waals surface area contributed by atoms with E-state index < -0.39 is 0 Å². The summed E-state index contributed by atoms with van der Waals surface area (Å²) in [5.41, 5.74) is 0.813. The van der Waals surface area contributed by atoms with Crippen LogP contribution in [0.1, 0.15) is 70.8 Å². The fourth-order valence-corrected chi connectivity index (χ4v) is 5.68. The van der Waals surface area contributed by atoms with Crippen molar-refractivity contribution in [3.05, 3.63) is 46.5 Å². The lowest BCUT2D eigenvalue weighted by atomic mass is 9.95. The molecule has 0 spiro atoms. The second-order valence-corrected chi connectivity index (χ2v) is 10.7. The minimum absolute atomic E-state index is 0.0521. The molecule has 0 bridgehead atoms. The summed E-state index contributed by atoms with van der Waals surface area (Å²) in [4.78, 5) is 14.5. The number of likely N-dealkylation sites (tertiary alicyclic amines) is 1. The van der Waals surface area contributed by atoms with Gasteiger partial charge in [-0.05, 0) is 76.2 Å². The number of halogens is 1. The van der Waals surface area contributed by atoms with Gasteiger partial charge >= 0.3 is 5.97 Å². The molecule has 1 aliphatic heterocycles. The van der Waals surface area contributed by atoms with E-state index in [9.17, 15) is 4.79 Å². The maximum Gasteiger partial charge on any atom is 0.308 e. The van der Waals surface area contributed by atoms with Crippen LogP contribution in [-0.2, 0) is 25.6 Å². The first-order valence-electron chi connectivity index (χ1n) is 12.9. The normalized spacial score (nSPS) is 27.1. The number of nitrogens with zero attached hydrogens (tertiary/aromatic N) is 1. The maximum absolute atomic E-state index is 11.9. The zero-order chi connectivity index (χ0) is 24.4. The number of benzene rings is 1. The molecule has 2 fully saturated rings. The number of ether oxygens (including phenoxy) is 3. The number of methoxy groups -OCH3 is 1. The van der Waals surface area contributed by atoms with Crippen molar-refractivity contribution >= 4 is 21.9 Å². The van der Waals surface area contributed by atoms with Gasteiger partial charge in [-0.2, -0.15) is 0 Å². The van der Waals surface area contributed by atoms with E-state index in [0.29, 0.717) is 25.7 Å². The molecule has 2 aliphatic rings. The largest absolute Gasteiger partial charge is 0.469 e. The van der Waals surface area contributed by atoms with Crippen LogP contribution >= 0.6 is 15.9 Å². The molecule has 190 valence electrons. The van der Waals surface area contributed by atoms with Crippen LogP contribution in [0, 0.1) is 5.92 Å². The number of carbonyl (C=O) groups excluding carboxylic acids is 1. The SMILES string of the molecule is CCC(C/C=C\CO[C@]1(C)[C@@H](OCc2ccc(Br)cc2)CC[C@H]1N1CCCCCC1)C(=O)OC. The Morgan fingerprint density at radius 1 is 1.15 bits per heavy atom. The van der Waals surface area contributed by atoms with Gasteiger partial charge in [0.15, 0.2) is 0 Å². The zero-order valence-corrected chi connectivity index (χ0v) is 22.7. The number of hydrogen-bond acceptors (Lipinski definition) is 5. The molecule has 0 amide bonds. The molecule has 4 atom stereocenters. The van der Waals surface area contributed by atoms with Gasteiger partial charge in [-0.25, -0.2) is 0 Å². The number of allylic oxidation sites excluding steroid dienone is 1. The highest BCUT2D eigenvalue weighted by Gasteiger charge is 2.50. The van der Waals surface area contributed by atoms with Gasteiger partial charge in [-0.15, -0.1) is 0 Å². The minimum atomic E-state index is -0.365. The van der Waals surface area contributed by atoms with Gasteiger partial charge in [0.1, 0.15) is 5.60 Å². The van der Waals surface area contributed by atoms with Crippen molar-refractivity contribution in [3.63, 3.8) is 0 Å². The lowest BCUT2D eigenvalue weighted by molar-refractivity contribution is -0.145. The molecule has 6 heteroatoms. The molecule has 1 saturated heterocycles. The molecule has 1 aromatic rings. The van der Waals surface area contributed by atoms with Crippen LogP contribution in [0.15, 0.2) is 40.9 Å². The topological polar surface area (TPSA) is 48.0 Å². The fourth-order valence-electron chi connectivity index (χ4n) is 5.42. The first kappa shape index (κ1) is 27.4. The molecule has 1 aromatic carbocycles. The quantitative estimate of drug-likeness (QED) is 0.246. The van der Waals surface area contributed by atoms with Crippen molar-refractivity contribution in [3.8, 4) is 0 Å². The molecule has 1 aliphatic carbocycles. The first-order valence-corrected chi connectivity index (χ1v) is 13.7. The Hall–Kier alpha value is -1.21. The smallest absolute Gasteiger partial charge is 0.308 e. The third kappa shape index (κ3) is 7.39. The molecule has 0 aromatic heterocycles. The zero-order valence-electron chi connectivity index (χ0n) is 21.1. The Labute approximate surface area is 214 Å². The Bertz CT molecular complexity index is 775. The standard InChI is InChI=1S/C28H42BrNO4/c1-4-23(27(31)32-3)11-7-10-20-34-28(2)25(30-18-8-5-6-9-19-30)16-17-26(28)33-21-22-12-14-24(29)15-13-22/h7,10,12-15,23,25-26H,4-6,8-9,11,16-21H2,1-3H3/b10-7-/t23?,25-,26+,28+/m1/s1. The third-order valence-corrected chi connectivity index (χ3v) is 8.08. The highest BCUT2D eigenvalue weighted by atomic mass is 79.9. The van der Waals surface area contributed by atoms with E-state index in [0.717, 1.165) is 36.8 Å². The van der Waals surface area contributed by atoms with Crippen LogP contribution in [0.4, 0.5) is 0 Å². The summed E-state index contributed by atoms with van der Waals surface area (Å²) >= 11 is 3.51. The Morgan fingerprint density at radius 2 is 1.85 bits per heavy atom. The number of hydrogen-bond donors (Lipinski definition) is 0. The average Bonchev–Trinajstić information content (AvgIpc) is 3.00. The van der Waals surface area contributed by atoms with Gasteiger partial charge in [0.25, 0.3) is 0 Å². The third-order valence-electron chi connectivity index (χ3n) is 7.55. The number of esters is 1. The van der Waals surface area contributed by atoms with Crippen LogP contribution in [0.5, 0.6) is 0 Å². The van der Waals surface area contributed by atoms with Crippen molar-refractivity contribution in [2.75, 3.05) is 26.8 Å². The van der Waals surface area contributed by atoms with Crippen LogP contribution in [-0.4, -0.2) is 55.4 Å². The van der Waals surface area contributed by atoms with Gasteiger partial charge in [0.2, 0.25) is 0 Å². The molecular weight excluding hydrogens is 494 g/mol. The predicted molar refractivity (Wildman–Crippen MR) is 140 cm³/mol. The van der Waals surface area contributed by atoms with Gasteiger partial charge in [0.05, 0.1) is 32.3 Å². The van der Waals surface area contributed by atoms with Crippen molar-refractivity contribution in [1.29, 1.82) is 0 Å². The number of rotatable bonds is 11. The van der Waals surface area contributed by atoms with Crippen molar-refractivity contribution in [2.45, 2.75) is 89.6 Å². The first-order chi connectivity index (χ1) is 16.5. The van der Waals surface area contributed by atoms with Crippen LogP contribution in [0.2, 0.25) is 0 Å². The summed E-state index contributed by atoms with van der Waals surface area (Å²) in [7, 11) is 1.45.